The zero-order valence-electron chi connectivity index (χ0n) is 25.2. The minimum Gasteiger partial charge on any atom is -0.494 e. The second-order valence-corrected chi connectivity index (χ2v) is 13.9. The van der Waals surface area contributed by atoms with E-state index in [4.69, 9.17) is 20.4 Å². The molecule has 3 saturated carbocycles. The average Bonchev–Trinajstić information content (AvgIpc) is 3.92. The molecule has 2 unspecified atom stereocenters. The molecular formula is C34H39N7O3. The topological polar surface area (TPSA) is 112 Å². The van der Waals surface area contributed by atoms with Gasteiger partial charge in [0.2, 0.25) is 5.91 Å². The van der Waals surface area contributed by atoms with Gasteiger partial charge in [0.05, 0.1) is 18.3 Å². The van der Waals surface area contributed by atoms with Crippen LogP contribution in [0.25, 0.3) is 33.6 Å². The fourth-order valence-corrected chi connectivity index (χ4v) is 8.06. The Morgan fingerprint density at radius 1 is 0.977 bits per heavy atom. The molecular weight excluding hydrogens is 554 g/mol. The van der Waals surface area contributed by atoms with Crippen LogP contribution in [0.1, 0.15) is 48.9 Å². The number of likely N-dealkylation sites (tertiary alicyclic amines) is 2. The van der Waals surface area contributed by atoms with Gasteiger partial charge in [-0.1, -0.05) is 0 Å². The highest BCUT2D eigenvalue weighted by Crippen LogP contribution is 2.41. The summed E-state index contributed by atoms with van der Waals surface area (Å²) in [6, 6.07) is 10.3. The number of carbonyl (C=O) groups is 2. The quantitative estimate of drug-likeness (QED) is 0.332. The number of carbonyl (C=O) groups excluding carboxylic acids is 2. The summed E-state index contributed by atoms with van der Waals surface area (Å²) in [7, 11) is 1.67. The van der Waals surface area contributed by atoms with Crippen molar-refractivity contribution in [1.82, 2.24) is 28.9 Å². The van der Waals surface area contributed by atoms with Crippen LogP contribution in [0.3, 0.4) is 0 Å². The highest BCUT2D eigenvalue weighted by molar-refractivity contribution is 6.00. The molecule has 44 heavy (non-hydrogen) atoms. The van der Waals surface area contributed by atoms with Crippen molar-refractivity contribution >= 4 is 33.9 Å². The first-order valence-electron chi connectivity index (χ1n) is 16.3. The number of benzene rings is 1. The zero-order chi connectivity index (χ0) is 29.7. The summed E-state index contributed by atoms with van der Waals surface area (Å²) in [4.78, 5) is 40.6. The first-order valence-corrected chi connectivity index (χ1v) is 16.3. The number of nitrogens with two attached hydrogens (primary N) is 1. The molecule has 9 rings (SSSR count). The maximum Gasteiger partial charge on any atom is 0.254 e. The summed E-state index contributed by atoms with van der Waals surface area (Å²) >= 11 is 0. The van der Waals surface area contributed by atoms with E-state index in [-0.39, 0.29) is 23.9 Å². The van der Waals surface area contributed by atoms with E-state index in [1.54, 1.807) is 7.11 Å². The fraction of sp³-hybridized carbons (Fsp3) is 0.529. The van der Waals surface area contributed by atoms with Gasteiger partial charge in [0, 0.05) is 73.8 Å². The second-order valence-electron chi connectivity index (χ2n) is 13.9. The molecule has 2 amide bonds. The molecule has 10 heteroatoms. The number of hydrogen-bond acceptors (Lipinski definition) is 6. The first kappa shape index (κ1) is 26.5. The van der Waals surface area contributed by atoms with Crippen molar-refractivity contribution in [2.75, 3.05) is 26.7 Å². The van der Waals surface area contributed by atoms with Crippen LogP contribution in [-0.4, -0.2) is 79.5 Å². The molecule has 2 bridgehead atoms. The number of pyridine rings is 1. The Morgan fingerprint density at radius 2 is 1.80 bits per heavy atom. The number of amides is 2. The van der Waals surface area contributed by atoms with Crippen LogP contribution in [-0.2, 0) is 17.9 Å². The molecule has 2 saturated heterocycles. The van der Waals surface area contributed by atoms with E-state index in [1.165, 1.54) is 12.8 Å². The molecule has 0 spiro atoms. The van der Waals surface area contributed by atoms with Crippen molar-refractivity contribution in [3.8, 4) is 17.3 Å². The number of methoxy groups -OCH3 is 1. The predicted molar refractivity (Wildman–Crippen MR) is 166 cm³/mol. The molecule has 1 aromatic carbocycles. The van der Waals surface area contributed by atoms with Crippen molar-refractivity contribution in [3.05, 3.63) is 42.1 Å². The predicted octanol–water partition coefficient (Wildman–Crippen LogP) is 3.90. The third-order valence-electron chi connectivity index (χ3n) is 10.8. The van der Waals surface area contributed by atoms with Gasteiger partial charge in [-0.15, -0.1) is 0 Å². The van der Waals surface area contributed by atoms with Gasteiger partial charge in [0.15, 0.2) is 5.82 Å². The minimum atomic E-state index is 0.00391. The highest BCUT2D eigenvalue weighted by Gasteiger charge is 2.47. The van der Waals surface area contributed by atoms with Crippen molar-refractivity contribution in [2.24, 2.45) is 29.4 Å². The number of imidazole rings is 1. The first-order chi connectivity index (χ1) is 21.5. The Labute approximate surface area is 256 Å². The Hall–Kier alpha value is -3.92. The monoisotopic (exact) mass is 593 g/mol. The Balaban J connectivity index is 1.15. The lowest BCUT2D eigenvalue weighted by molar-refractivity contribution is -0.139. The third-order valence-corrected chi connectivity index (χ3v) is 10.8. The molecule has 3 aliphatic carbocycles. The molecule has 3 atom stereocenters. The van der Waals surface area contributed by atoms with Crippen LogP contribution >= 0.6 is 0 Å². The van der Waals surface area contributed by atoms with Crippen molar-refractivity contribution in [1.29, 1.82) is 0 Å². The van der Waals surface area contributed by atoms with Crippen molar-refractivity contribution < 1.29 is 14.3 Å². The van der Waals surface area contributed by atoms with Crippen LogP contribution in [0.4, 0.5) is 0 Å². The number of aromatic nitrogens is 4. The maximum absolute atomic E-state index is 13.9. The van der Waals surface area contributed by atoms with Crippen LogP contribution in [0.5, 0.6) is 5.75 Å². The van der Waals surface area contributed by atoms with E-state index >= 15 is 0 Å². The van der Waals surface area contributed by atoms with E-state index in [1.807, 2.05) is 34.2 Å². The Bertz CT molecular complexity index is 1810. The fourth-order valence-electron chi connectivity index (χ4n) is 8.06. The molecule has 0 radical (unpaired) electrons. The van der Waals surface area contributed by atoms with E-state index < -0.39 is 0 Å². The number of hydrogen-bond donors (Lipinski definition) is 1. The van der Waals surface area contributed by atoms with Crippen LogP contribution in [0.2, 0.25) is 0 Å². The lowest BCUT2D eigenvalue weighted by Crippen LogP contribution is -2.52. The number of fused-ring (bicyclic) bond motifs is 4. The Morgan fingerprint density at radius 3 is 2.50 bits per heavy atom. The third kappa shape index (κ3) is 4.17. The lowest BCUT2D eigenvalue weighted by atomic mass is 9.99. The summed E-state index contributed by atoms with van der Waals surface area (Å²) in [5.41, 5.74) is 10.7. The second kappa shape index (κ2) is 9.79. The standard InChI is InChI=1S/C34H39N7O3/c1-44-28-13-24(34(43)40-18-23-8-9-26(40)29(23)35)11-25-30(28)41(17-20-14-38(15-20)33(42)21-6-7-21)32(37-25)27-12-22-3-2-10-36-31(22)39(27)16-19-4-5-19/h2-3,10-13,19-21,23,26,29H,4-9,14-18,35H2,1H3/t23?,26?,29-/m1/s1. The van der Waals surface area contributed by atoms with E-state index in [9.17, 15) is 9.59 Å². The smallest absolute Gasteiger partial charge is 0.254 e. The normalized spacial score (nSPS) is 24.9. The largest absolute Gasteiger partial charge is 0.494 e. The Kier molecular flexibility index (Phi) is 5.89. The number of ether oxygens (including phenoxy) is 1. The lowest BCUT2D eigenvalue weighted by Gasteiger charge is -2.40. The van der Waals surface area contributed by atoms with Crippen molar-refractivity contribution in [3.63, 3.8) is 0 Å². The average molecular weight is 594 g/mol. The molecule has 3 aromatic heterocycles. The number of piperidine rings is 1. The molecule has 2 N–H and O–H groups in total. The van der Waals surface area contributed by atoms with Crippen LogP contribution < -0.4 is 10.5 Å². The number of nitrogens with zero attached hydrogens (tertiary/aromatic N) is 6. The molecule has 10 nitrogen and oxygen atoms in total. The van der Waals surface area contributed by atoms with Gasteiger partial charge in [0.1, 0.15) is 16.9 Å². The molecule has 4 aromatic rings. The molecule has 228 valence electrons. The van der Waals surface area contributed by atoms with Gasteiger partial charge in [0.25, 0.3) is 5.91 Å². The maximum atomic E-state index is 13.9. The van der Waals surface area contributed by atoms with Crippen molar-refractivity contribution in [2.45, 2.75) is 63.7 Å². The van der Waals surface area contributed by atoms with Gasteiger partial charge < -0.3 is 29.4 Å². The van der Waals surface area contributed by atoms with Gasteiger partial charge >= 0.3 is 0 Å². The van der Waals surface area contributed by atoms with Gasteiger partial charge in [-0.2, -0.15) is 0 Å². The number of rotatable bonds is 8. The summed E-state index contributed by atoms with van der Waals surface area (Å²) in [5.74, 6) is 3.41. The SMILES string of the molecule is COc1cc(C(=O)N2CC3CCC2[C@@H]3N)cc2nc(-c3cc4cccnc4n3CC3CC3)n(CC3CN(C(=O)C4CC4)C3)c12. The summed E-state index contributed by atoms with van der Waals surface area (Å²) in [6.07, 6.45) is 8.44. The summed E-state index contributed by atoms with van der Waals surface area (Å²) in [5, 5.41) is 1.09. The van der Waals surface area contributed by atoms with Gasteiger partial charge in [-0.05, 0) is 80.7 Å². The van der Waals surface area contributed by atoms with Gasteiger partial charge in [-0.3, -0.25) is 9.59 Å². The van der Waals surface area contributed by atoms with Crippen LogP contribution in [0, 0.1) is 23.7 Å². The molecule has 5 fully saturated rings. The molecule has 5 aliphatic rings. The van der Waals surface area contributed by atoms with E-state index in [0.717, 1.165) is 85.4 Å². The highest BCUT2D eigenvalue weighted by atomic mass is 16.5. The van der Waals surface area contributed by atoms with Crippen LogP contribution in [0.15, 0.2) is 36.5 Å². The molecule has 2 aliphatic heterocycles. The van der Waals surface area contributed by atoms with E-state index in [0.29, 0.717) is 41.5 Å². The van der Waals surface area contributed by atoms with Gasteiger partial charge in [-0.25, -0.2) is 9.97 Å². The van der Waals surface area contributed by atoms with E-state index in [2.05, 4.69) is 21.3 Å². The molecule has 5 heterocycles. The summed E-state index contributed by atoms with van der Waals surface area (Å²) in [6.45, 7) is 3.87. The minimum absolute atomic E-state index is 0.00391. The summed E-state index contributed by atoms with van der Waals surface area (Å²) < 4.78 is 10.6. The zero-order valence-corrected chi connectivity index (χ0v) is 25.2.